The second kappa shape index (κ2) is 6.19. The first kappa shape index (κ1) is 14.5. The smallest absolute Gasteiger partial charge is 0.183 e. The number of thiazole rings is 1. The van der Waals surface area contributed by atoms with Gasteiger partial charge in [0.25, 0.3) is 0 Å². The molecule has 2 aliphatic rings. The second-order valence-electron chi connectivity index (χ2n) is 6.13. The van der Waals surface area contributed by atoms with E-state index in [4.69, 9.17) is 21.3 Å². The molecule has 1 aliphatic carbocycles. The van der Waals surface area contributed by atoms with E-state index in [9.17, 15) is 0 Å². The van der Waals surface area contributed by atoms with E-state index >= 15 is 0 Å². The topological polar surface area (TPSA) is 34.1 Å². The van der Waals surface area contributed by atoms with E-state index in [0.29, 0.717) is 12.1 Å². The molecule has 2 fully saturated rings. The number of ether oxygens (including phenoxy) is 1. The summed E-state index contributed by atoms with van der Waals surface area (Å²) in [4.78, 5) is 4.70. The molecule has 3 nitrogen and oxygen atoms in total. The lowest BCUT2D eigenvalue weighted by molar-refractivity contribution is -0.00218. The number of anilines is 1. The molecule has 4 rings (SSSR count). The highest BCUT2D eigenvalue weighted by atomic mass is 35.5. The molecule has 2 unspecified atom stereocenters. The van der Waals surface area contributed by atoms with Crippen LogP contribution in [0.3, 0.4) is 0 Å². The third kappa shape index (κ3) is 3.14. The number of nitrogens with one attached hydrogen (secondary N) is 1. The van der Waals surface area contributed by atoms with E-state index in [0.717, 1.165) is 46.8 Å². The Hall–Kier alpha value is -1.10. The molecular formula is C17H19ClN2OS. The molecule has 0 radical (unpaired) electrons. The summed E-state index contributed by atoms with van der Waals surface area (Å²) >= 11 is 7.90. The van der Waals surface area contributed by atoms with Gasteiger partial charge in [-0.1, -0.05) is 29.8 Å². The molecule has 22 heavy (non-hydrogen) atoms. The van der Waals surface area contributed by atoms with Crippen molar-refractivity contribution < 1.29 is 4.74 Å². The maximum absolute atomic E-state index is 6.25. The average molecular weight is 335 g/mol. The van der Waals surface area contributed by atoms with E-state index in [-0.39, 0.29) is 0 Å². The third-order valence-corrected chi connectivity index (χ3v) is 5.55. The predicted octanol–water partition coefficient (Wildman–Crippen LogP) is 4.83. The van der Waals surface area contributed by atoms with Crippen molar-refractivity contribution in [3.63, 3.8) is 0 Å². The van der Waals surface area contributed by atoms with Crippen molar-refractivity contribution >= 4 is 28.1 Å². The normalized spacial score (nSPS) is 25.1. The number of rotatable bonds is 4. The number of benzene rings is 1. The summed E-state index contributed by atoms with van der Waals surface area (Å²) < 4.78 is 5.89. The van der Waals surface area contributed by atoms with Crippen LogP contribution in [0, 0.1) is 5.92 Å². The maximum Gasteiger partial charge on any atom is 0.183 e. The van der Waals surface area contributed by atoms with Gasteiger partial charge in [0.1, 0.15) is 0 Å². The minimum Gasteiger partial charge on any atom is -0.378 e. The fraction of sp³-hybridized carbons (Fsp3) is 0.471. The fourth-order valence-corrected chi connectivity index (χ4v) is 4.08. The SMILES string of the molecule is Clc1ccccc1-c1csc(NC2CCOC(C3CC3)C2)n1. The summed E-state index contributed by atoms with van der Waals surface area (Å²) in [7, 11) is 0. The molecule has 1 N–H and O–H groups in total. The van der Waals surface area contributed by atoms with Crippen LogP contribution in [0.1, 0.15) is 25.7 Å². The average Bonchev–Trinajstić information content (AvgIpc) is 3.29. The number of halogens is 1. The van der Waals surface area contributed by atoms with E-state index in [1.54, 1.807) is 11.3 Å². The Morgan fingerprint density at radius 3 is 2.91 bits per heavy atom. The van der Waals surface area contributed by atoms with Gasteiger partial charge >= 0.3 is 0 Å². The largest absolute Gasteiger partial charge is 0.378 e. The van der Waals surface area contributed by atoms with Crippen molar-refractivity contribution in [2.24, 2.45) is 5.92 Å². The minimum atomic E-state index is 0.453. The Bertz CT molecular complexity index is 656. The van der Waals surface area contributed by atoms with Gasteiger partial charge in [-0.2, -0.15) is 0 Å². The van der Waals surface area contributed by atoms with E-state index in [1.807, 2.05) is 24.3 Å². The molecule has 0 bridgehead atoms. The van der Waals surface area contributed by atoms with E-state index < -0.39 is 0 Å². The molecule has 5 heteroatoms. The summed E-state index contributed by atoms with van der Waals surface area (Å²) in [6.07, 6.45) is 5.29. The molecule has 0 spiro atoms. The van der Waals surface area contributed by atoms with Gasteiger partial charge in [0, 0.05) is 28.6 Å². The molecule has 116 valence electrons. The van der Waals surface area contributed by atoms with Crippen LogP contribution in [0.15, 0.2) is 29.6 Å². The summed E-state index contributed by atoms with van der Waals surface area (Å²) in [6.45, 7) is 0.863. The number of nitrogens with zero attached hydrogens (tertiary/aromatic N) is 1. The number of aromatic nitrogens is 1. The Labute approximate surface area is 139 Å². The predicted molar refractivity (Wildman–Crippen MR) is 91.7 cm³/mol. The van der Waals surface area contributed by atoms with Gasteiger partial charge < -0.3 is 10.1 Å². The van der Waals surface area contributed by atoms with Crippen LogP contribution in [0.5, 0.6) is 0 Å². The van der Waals surface area contributed by atoms with Gasteiger partial charge in [-0.3, -0.25) is 0 Å². The van der Waals surface area contributed by atoms with Gasteiger partial charge in [0.15, 0.2) is 5.13 Å². The molecule has 1 saturated carbocycles. The Balaban J connectivity index is 1.44. The van der Waals surface area contributed by atoms with Crippen molar-refractivity contribution in [3.05, 3.63) is 34.7 Å². The van der Waals surface area contributed by atoms with Crippen molar-refractivity contribution in [3.8, 4) is 11.3 Å². The fourth-order valence-electron chi connectivity index (χ4n) is 3.06. The Morgan fingerprint density at radius 1 is 1.23 bits per heavy atom. The molecule has 2 atom stereocenters. The quantitative estimate of drug-likeness (QED) is 0.869. The highest BCUT2D eigenvalue weighted by molar-refractivity contribution is 7.14. The Morgan fingerprint density at radius 2 is 2.09 bits per heavy atom. The van der Waals surface area contributed by atoms with Crippen LogP contribution in [0.25, 0.3) is 11.3 Å². The van der Waals surface area contributed by atoms with Gasteiger partial charge in [-0.05, 0) is 37.7 Å². The van der Waals surface area contributed by atoms with Crippen LogP contribution in [-0.4, -0.2) is 23.7 Å². The monoisotopic (exact) mass is 334 g/mol. The molecule has 2 aromatic rings. The lowest BCUT2D eigenvalue weighted by atomic mass is 10.0. The molecule has 2 heterocycles. The first-order valence-electron chi connectivity index (χ1n) is 7.88. The second-order valence-corrected chi connectivity index (χ2v) is 7.40. The van der Waals surface area contributed by atoms with Crippen LogP contribution in [0.4, 0.5) is 5.13 Å². The number of hydrogen-bond donors (Lipinski definition) is 1. The Kier molecular flexibility index (Phi) is 4.07. The highest BCUT2D eigenvalue weighted by Crippen LogP contribution is 2.39. The minimum absolute atomic E-state index is 0.453. The van der Waals surface area contributed by atoms with E-state index in [2.05, 4.69) is 10.7 Å². The number of hydrogen-bond acceptors (Lipinski definition) is 4. The zero-order chi connectivity index (χ0) is 14.9. The first-order chi connectivity index (χ1) is 10.8. The van der Waals surface area contributed by atoms with Crippen LogP contribution in [-0.2, 0) is 4.74 Å². The molecule has 1 saturated heterocycles. The van der Waals surface area contributed by atoms with Crippen molar-refractivity contribution in [2.45, 2.75) is 37.8 Å². The lowest BCUT2D eigenvalue weighted by Gasteiger charge is -2.30. The third-order valence-electron chi connectivity index (χ3n) is 4.44. The standard InChI is InChI=1S/C17H19ClN2OS/c18-14-4-2-1-3-13(14)15-10-22-17(20-15)19-12-7-8-21-16(9-12)11-5-6-11/h1-4,10-12,16H,5-9H2,(H,19,20). The molecule has 1 aromatic carbocycles. The van der Waals surface area contributed by atoms with Crippen LogP contribution < -0.4 is 5.32 Å². The highest BCUT2D eigenvalue weighted by Gasteiger charge is 2.36. The van der Waals surface area contributed by atoms with Gasteiger partial charge in [0.05, 0.1) is 11.8 Å². The molecule has 1 aliphatic heterocycles. The van der Waals surface area contributed by atoms with Gasteiger partial charge in [-0.15, -0.1) is 11.3 Å². The summed E-state index contributed by atoms with van der Waals surface area (Å²) in [6, 6.07) is 8.33. The summed E-state index contributed by atoms with van der Waals surface area (Å²) in [5.41, 5.74) is 1.94. The van der Waals surface area contributed by atoms with Crippen molar-refractivity contribution in [2.75, 3.05) is 11.9 Å². The molecule has 0 amide bonds. The summed E-state index contributed by atoms with van der Waals surface area (Å²) in [5, 5.41) is 7.39. The first-order valence-corrected chi connectivity index (χ1v) is 9.14. The van der Waals surface area contributed by atoms with Crippen LogP contribution >= 0.6 is 22.9 Å². The van der Waals surface area contributed by atoms with Gasteiger partial charge in [-0.25, -0.2) is 4.98 Å². The molecule has 1 aromatic heterocycles. The van der Waals surface area contributed by atoms with Crippen molar-refractivity contribution in [1.29, 1.82) is 0 Å². The lowest BCUT2D eigenvalue weighted by Crippen LogP contribution is -2.35. The van der Waals surface area contributed by atoms with E-state index in [1.165, 1.54) is 12.8 Å². The summed E-state index contributed by atoms with van der Waals surface area (Å²) in [5.74, 6) is 0.805. The van der Waals surface area contributed by atoms with Crippen molar-refractivity contribution in [1.82, 2.24) is 4.98 Å². The molecular weight excluding hydrogens is 316 g/mol. The maximum atomic E-state index is 6.25. The zero-order valence-corrected chi connectivity index (χ0v) is 13.9. The zero-order valence-electron chi connectivity index (χ0n) is 12.3. The van der Waals surface area contributed by atoms with Gasteiger partial charge in [0.2, 0.25) is 0 Å². The van der Waals surface area contributed by atoms with Crippen LogP contribution in [0.2, 0.25) is 5.02 Å².